The summed E-state index contributed by atoms with van der Waals surface area (Å²) in [4.78, 5) is 0. The lowest BCUT2D eigenvalue weighted by molar-refractivity contribution is 1.06. The van der Waals surface area contributed by atoms with Gasteiger partial charge in [0.2, 0.25) is 0 Å². The highest BCUT2D eigenvalue weighted by molar-refractivity contribution is 7.80. The van der Waals surface area contributed by atoms with Gasteiger partial charge in [0.05, 0.1) is 0 Å². The summed E-state index contributed by atoms with van der Waals surface area (Å²) in [6, 6.07) is 5.92. The van der Waals surface area contributed by atoms with Gasteiger partial charge in [0.1, 0.15) is 0 Å². The van der Waals surface area contributed by atoms with Crippen molar-refractivity contribution in [1.82, 2.24) is 10.6 Å². The molecule has 0 aromatic heterocycles. The highest BCUT2D eigenvalue weighted by atomic mass is 32.1. The molecule has 0 aliphatic heterocycles. The van der Waals surface area contributed by atoms with Crippen LogP contribution in [0.4, 0.5) is 11.4 Å². The lowest BCUT2D eigenvalue weighted by Gasteiger charge is -2.14. The molecule has 0 saturated carbocycles. The third kappa shape index (κ3) is 6.37. The Hall–Kier alpha value is -1.92. The Kier molecular flexibility index (Phi) is 7.42. The Morgan fingerprint density at radius 2 is 1.62 bits per heavy atom. The molecule has 21 heavy (non-hydrogen) atoms. The van der Waals surface area contributed by atoms with E-state index in [1.165, 1.54) is 0 Å². The first-order valence-electron chi connectivity index (χ1n) is 6.49. The fraction of sp³-hybridized carbons (Fsp3) is 0.200. The third-order valence-electron chi connectivity index (χ3n) is 2.56. The molecule has 0 amide bonds. The highest BCUT2D eigenvalue weighted by Gasteiger charge is 2.03. The predicted molar refractivity (Wildman–Crippen MR) is 100 cm³/mol. The van der Waals surface area contributed by atoms with Crippen molar-refractivity contribution in [3.05, 3.63) is 49.1 Å². The molecule has 6 heteroatoms. The topological polar surface area (TPSA) is 48.1 Å². The van der Waals surface area contributed by atoms with Crippen molar-refractivity contribution in [2.75, 3.05) is 23.7 Å². The molecule has 0 saturated heterocycles. The summed E-state index contributed by atoms with van der Waals surface area (Å²) >= 11 is 10.4. The molecular formula is C15H20N4S2. The molecule has 112 valence electrons. The Bertz CT molecular complexity index is 540. The summed E-state index contributed by atoms with van der Waals surface area (Å²) in [6.07, 6.45) is 3.50. The maximum absolute atomic E-state index is 5.21. The first-order chi connectivity index (χ1) is 10.1. The van der Waals surface area contributed by atoms with E-state index in [1.54, 1.807) is 12.2 Å². The minimum atomic E-state index is 0.553. The van der Waals surface area contributed by atoms with Crippen molar-refractivity contribution in [2.24, 2.45) is 0 Å². The lowest BCUT2D eigenvalue weighted by atomic mass is 10.2. The number of benzene rings is 1. The normalized spacial score (nSPS) is 9.38. The molecule has 0 heterocycles. The van der Waals surface area contributed by atoms with Crippen LogP contribution >= 0.6 is 24.4 Å². The Morgan fingerprint density at radius 3 is 2.19 bits per heavy atom. The van der Waals surface area contributed by atoms with Crippen LogP contribution in [0, 0.1) is 6.92 Å². The van der Waals surface area contributed by atoms with Gasteiger partial charge in [0, 0.05) is 24.5 Å². The van der Waals surface area contributed by atoms with E-state index in [0.717, 1.165) is 16.9 Å². The van der Waals surface area contributed by atoms with Crippen molar-refractivity contribution >= 4 is 46.0 Å². The Morgan fingerprint density at radius 1 is 1.05 bits per heavy atom. The number of nitrogens with one attached hydrogen (secondary N) is 4. The van der Waals surface area contributed by atoms with Gasteiger partial charge in [-0.1, -0.05) is 18.2 Å². The number of thiocarbonyl (C=S) groups is 2. The number of hydrogen-bond donors (Lipinski definition) is 4. The van der Waals surface area contributed by atoms with Crippen LogP contribution in [0.2, 0.25) is 0 Å². The van der Waals surface area contributed by atoms with E-state index in [9.17, 15) is 0 Å². The molecule has 1 aromatic carbocycles. The fourth-order valence-corrected chi connectivity index (χ4v) is 1.90. The zero-order chi connectivity index (χ0) is 15.7. The van der Waals surface area contributed by atoms with Gasteiger partial charge >= 0.3 is 0 Å². The van der Waals surface area contributed by atoms with Crippen LogP contribution in [0.15, 0.2) is 43.5 Å². The van der Waals surface area contributed by atoms with Crippen molar-refractivity contribution in [2.45, 2.75) is 6.92 Å². The van der Waals surface area contributed by atoms with Crippen LogP contribution in [0.1, 0.15) is 5.56 Å². The molecule has 1 aromatic rings. The molecule has 4 nitrogen and oxygen atoms in total. The van der Waals surface area contributed by atoms with Gasteiger partial charge < -0.3 is 21.3 Å². The standard InChI is InChI=1S/C15H20N4S2/c1-4-8-16-14(20)18-12-7-6-11(3)13(10-12)19-15(21)17-9-5-2/h4-7,10H,1-2,8-9H2,3H3,(H2,16,18,20)(H2,17,19,21). The van der Waals surface area contributed by atoms with Crippen LogP contribution in [0.25, 0.3) is 0 Å². The van der Waals surface area contributed by atoms with Gasteiger partial charge in [-0.05, 0) is 49.1 Å². The fourth-order valence-electron chi connectivity index (χ4n) is 1.51. The zero-order valence-corrected chi connectivity index (χ0v) is 13.7. The highest BCUT2D eigenvalue weighted by Crippen LogP contribution is 2.20. The quantitative estimate of drug-likeness (QED) is 0.478. The molecular weight excluding hydrogens is 300 g/mol. The number of aryl methyl sites for hydroxylation is 1. The monoisotopic (exact) mass is 320 g/mol. The van der Waals surface area contributed by atoms with Crippen molar-refractivity contribution < 1.29 is 0 Å². The number of hydrogen-bond acceptors (Lipinski definition) is 2. The summed E-state index contributed by atoms with van der Waals surface area (Å²) in [6.45, 7) is 10.5. The molecule has 0 fully saturated rings. The van der Waals surface area contributed by atoms with E-state index in [1.807, 2.05) is 25.1 Å². The molecule has 0 aliphatic carbocycles. The molecule has 4 N–H and O–H groups in total. The predicted octanol–water partition coefficient (Wildman–Crippen LogP) is 2.94. The molecule has 0 aliphatic rings. The average molecular weight is 320 g/mol. The second-order valence-electron chi connectivity index (χ2n) is 4.28. The van der Waals surface area contributed by atoms with E-state index in [0.29, 0.717) is 23.3 Å². The van der Waals surface area contributed by atoms with E-state index < -0.39 is 0 Å². The molecule has 0 atom stereocenters. The van der Waals surface area contributed by atoms with Crippen molar-refractivity contribution in [3.63, 3.8) is 0 Å². The second-order valence-corrected chi connectivity index (χ2v) is 5.09. The van der Waals surface area contributed by atoms with Crippen LogP contribution in [-0.2, 0) is 0 Å². The average Bonchev–Trinajstić information content (AvgIpc) is 2.46. The van der Waals surface area contributed by atoms with Gasteiger partial charge in [0.25, 0.3) is 0 Å². The Balaban J connectivity index is 2.70. The summed E-state index contributed by atoms with van der Waals surface area (Å²) in [5, 5.41) is 13.4. The van der Waals surface area contributed by atoms with Crippen LogP contribution in [0.3, 0.4) is 0 Å². The van der Waals surface area contributed by atoms with Crippen molar-refractivity contribution in [1.29, 1.82) is 0 Å². The first-order valence-corrected chi connectivity index (χ1v) is 7.30. The van der Waals surface area contributed by atoms with Crippen LogP contribution in [-0.4, -0.2) is 23.3 Å². The SMILES string of the molecule is C=CCNC(=S)Nc1ccc(C)c(NC(=S)NCC=C)c1. The van der Waals surface area contributed by atoms with Gasteiger partial charge in [-0.2, -0.15) is 0 Å². The third-order valence-corrected chi connectivity index (χ3v) is 3.05. The smallest absolute Gasteiger partial charge is 0.171 e. The summed E-state index contributed by atoms with van der Waals surface area (Å²) in [5.74, 6) is 0. The Labute approximate surface area is 136 Å². The molecule has 1 rings (SSSR count). The minimum Gasteiger partial charge on any atom is -0.359 e. The number of rotatable bonds is 6. The summed E-state index contributed by atoms with van der Waals surface area (Å²) < 4.78 is 0. The van der Waals surface area contributed by atoms with Gasteiger partial charge in [-0.15, -0.1) is 13.2 Å². The van der Waals surface area contributed by atoms with Gasteiger partial charge in [0.15, 0.2) is 10.2 Å². The van der Waals surface area contributed by atoms with Crippen LogP contribution in [0.5, 0.6) is 0 Å². The largest absolute Gasteiger partial charge is 0.359 e. The summed E-state index contributed by atoms with van der Waals surface area (Å²) in [7, 11) is 0. The lowest BCUT2D eigenvalue weighted by Crippen LogP contribution is -2.29. The van der Waals surface area contributed by atoms with Gasteiger partial charge in [-0.25, -0.2) is 0 Å². The molecule has 0 unspecified atom stereocenters. The van der Waals surface area contributed by atoms with Crippen molar-refractivity contribution in [3.8, 4) is 0 Å². The van der Waals surface area contributed by atoms with E-state index in [-0.39, 0.29) is 0 Å². The maximum atomic E-state index is 5.21. The van der Waals surface area contributed by atoms with E-state index >= 15 is 0 Å². The maximum Gasteiger partial charge on any atom is 0.171 e. The first kappa shape index (κ1) is 17.1. The molecule has 0 bridgehead atoms. The van der Waals surface area contributed by atoms with Gasteiger partial charge in [-0.3, -0.25) is 0 Å². The van der Waals surface area contributed by atoms with E-state index in [4.69, 9.17) is 24.4 Å². The molecule has 0 spiro atoms. The second kappa shape index (κ2) is 9.10. The van der Waals surface area contributed by atoms with Crippen LogP contribution < -0.4 is 21.3 Å². The molecule has 0 radical (unpaired) electrons. The van der Waals surface area contributed by atoms with E-state index in [2.05, 4.69) is 34.4 Å². The summed E-state index contributed by atoms with van der Waals surface area (Å²) in [5.41, 5.74) is 2.90. The minimum absolute atomic E-state index is 0.553. The zero-order valence-electron chi connectivity index (χ0n) is 12.0. The number of anilines is 2.